The molecule has 0 amide bonds. The lowest BCUT2D eigenvalue weighted by molar-refractivity contribution is -0.191. The maximum absolute atomic E-state index is 15.3. The van der Waals surface area contributed by atoms with Crippen LogP contribution in [-0.2, 0) is 23.4 Å². The monoisotopic (exact) mass is 501 g/mol. The lowest BCUT2D eigenvalue weighted by Crippen LogP contribution is -2.43. The van der Waals surface area contributed by atoms with Gasteiger partial charge in [0.15, 0.2) is 11.9 Å². The summed E-state index contributed by atoms with van der Waals surface area (Å²) in [6.07, 6.45) is -3.18. The standard InChI is InChI=1S/C19H25FN3O7P.CO2/c1-12(2)22-31(27,30-13-7-5-4-6-8-13)28-11-14-16(25)19(3,20)17(29-14)23-10-9-15(24)21-18(23)26;2-1-3/h4-10,12,14,16-17,25H,11H2,1-3H3,(H,22,27)(H,21,24,26);/t14-,16-,17-,19-,31?;/m1./s1. The third kappa shape index (κ3) is 6.80. The zero-order valence-electron chi connectivity index (χ0n) is 18.5. The third-order valence-electron chi connectivity index (χ3n) is 4.61. The molecule has 5 atom stereocenters. The fourth-order valence-electron chi connectivity index (χ4n) is 3.16. The number of carbonyl (C=O) groups excluding carboxylic acids is 2. The molecule has 186 valence electrons. The van der Waals surface area contributed by atoms with E-state index in [9.17, 15) is 19.3 Å². The van der Waals surface area contributed by atoms with Gasteiger partial charge in [-0.1, -0.05) is 18.2 Å². The summed E-state index contributed by atoms with van der Waals surface area (Å²) in [6.45, 7) is 4.05. The lowest BCUT2D eigenvalue weighted by Gasteiger charge is -2.25. The number of rotatable bonds is 8. The lowest BCUT2D eigenvalue weighted by atomic mass is 9.98. The molecule has 12 nitrogen and oxygen atoms in total. The molecule has 0 aliphatic carbocycles. The predicted molar refractivity (Wildman–Crippen MR) is 115 cm³/mol. The highest BCUT2D eigenvalue weighted by molar-refractivity contribution is 7.52. The Hall–Kier alpha value is -2.92. The number of aliphatic hydroxyl groups excluding tert-OH is 1. The van der Waals surface area contributed by atoms with E-state index in [1.54, 1.807) is 44.2 Å². The fraction of sp³-hybridized carbons (Fsp3) is 0.450. The summed E-state index contributed by atoms with van der Waals surface area (Å²) in [5.41, 5.74) is -3.94. The molecule has 2 aromatic rings. The Kier molecular flexibility index (Phi) is 9.22. The fourth-order valence-corrected chi connectivity index (χ4v) is 4.72. The molecule has 1 unspecified atom stereocenters. The summed E-state index contributed by atoms with van der Waals surface area (Å²) in [4.78, 5) is 41.6. The number of aliphatic hydroxyl groups is 1. The summed E-state index contributed by atoms with van der Waals surface area (Å²) in [6, 6.07) is 9.10. The van der Waals surface area contributed by atoms with Crippen LogP contribution in [0.2, 0.25) is 0 Å². The molecule has 1 aliphatic rings. The van der Waals surface area contributed by atoms with Crippen molar-refractivity contribution in [3.63, 3.8) is 0 Å². The number of ether oxygens (including phenoxy) is 1. The quantitative estimate of drug-likeness (QED) is 0.447. The number of aromatic amines is 1. The minimum absolute atomic E-state index is 0.250. The second-order valence-corrected chi connectivity index (χ2v) is 9.40. The third-order valence-corrected chi connectivity index (χ3v) is 6.39. The first-order valence-corrected chi connectivity index (χ1v) is 11.6. The Morgan fingerprint density at radius 3 is 2.47 bits per heavy atom. The van der Waals surface area contributed by atoms with E-state index in [0.29, 0.717) is 5.75 Å². The van der Waals surface area contributed by atoms with Gasteiger partial charge in [-0.05, 0) is 32.9 Å². The average molecular weight is 501 g/mol. The van der Waals surface area contributed by atoms with Gasteiger partial charge in [-0.3, -0.25) is 18.9 Å². The van der Waals surface area contributed by atoms with Crippen LogP contribution in [0.4, 0.5) is 4.39 Å². The van der Waals surface area contributed by atoms with E-state index in [1.807, 2.05) is 4.98 Å². The van der Waals surface area contributed by atoms with Crippen molar-refractivity contribution in [3.8, 4) is 5.75 Å². The molecular formula is C20H25FN3O9P. The maximum Gasteiger partial charge on any atom is 0.459 e. The average Bonchev–Trinajstić information content (AvgIpc) is 2.96. The van der Waals surface area contributed by atoms with Gasteiger partial charge in [0.25, 0.3) is 5.56 Å². The van der Waals surface area contributed by atoms with Gasteiger partial charge in [0.1, 0.15) is 18.0 Å². The van der Waals surface area contributed by atoms with Crippen molar-refractivity contribution >= 4 is 13.9 Å². The molecule has 1 aromatic heterocycles. The Balaban J connectivity index is 0.00000129. The summed E-state index contributed by atoms with van der Waals surface area (Å²) in [5.74, 6) is 0.292. The number of aromatic nitrogens is 2. The Labute approximate surface area is 193 Å². The molecule has 0 bridgehead atoms. The van der Waals surface area contributed by atoms with Crippen LogP contribution in [0.3, 0.4) is 0 Å². The van der Waals surface area contributed by atoms with E-state index in [4.69, 9.17) is 23.4 Å². The molecule has 3 rings (SSSR count). The molecule has 14 heteroatoms. The first-order chi connectivity index (χ1) is 15.9. The molecule has 1 aliphatic heterocycles. The summed E-state index contributed by atoms with van der Waals surface area (Å²) >= 11 is 0. The van der Waals surface area contributed by atoms with E-state index in [-0.39, 0.29) is 12.2 Å². The van der Waals surface area contributed by atoms with Gasteiger partial charge in [-0.25, -0.2) is 18.8 Å². The largest absolute Gasteiger partial charge is 0.459 e. The topological polar surface area (TPSA) is 166 Å². The number of nitrogens with one attached hydrogen (secondary N) is 2. The van der Waals surface area contributed by atoms with E-state index in [2.05, 4.69) is 5.09 Å². The first-order valence-electron chi connectivity index (χ1n) is 10.0. The molecule has 2 heterocycles. The second kappa shape index (κ2) is 11.5. The number of hydrogen-bond acceptors (Lipinski definition) is 9. The van der Waals surface area contributed by atoms with Crippen molar-refractivity contribution in [1.29, 1.82) is 0 Å². The number of para-hydroxylation sites is 1. The molecule has 0 spiro atoms. The summed E-state index contributed by atoms with van der Waals surface area (Å²) in [5, 5.41) is 13.2. The summed E-state index contributed by atoms with van der Waals surface area (Å²) < 4.78 is 45.8. The maximum atomic E-state index is 15.3. The molecular weight excluding hydrogens is 476 g/mol. The van der Waals surface area contributed by atoms with Crippen LogP contribution in [0.1, 0.15) is 27.0 Å². The number of alkyl halides is 1. The molecule has 1 saturated heterocycles. The SMILES string of the molecule is CC(C)NP(=O)(OC[C@H]1O[C@@H](n2ccc(=O)[nH]c2=O)[C@](C)(F)[C@@H]1O)Oc1ccccc1.O=C=O. The molecule has 34 heavy (non-hydrogen) atoms. The van der Waals surface area contributed by atoms with Gasteiger partial charge in [-0.2, -0.15) is 9.59 Å². The van der Waals surface area contributed by atoms with Crippen LogP contribution >= 0.6 is 7.75 Å². The smallest absolute Gasteiger partial charge is 0.413 e. The van der Waals surface area contributed by atoms with Crippen LogP contribution in [0.5, 0.6) is 5.75 Å². The van der Waals surface area contributed by atoms with Gasteiger partial charge in [-0.15, -0.1) is 0 Å². The van der Waals surface area contributed by atoms with Crippen LogP contribution in [0, 0.1) is 0 Å². The number of nitrogens with zero attached hydrogens (tertiary/aromatic N) is 1. The first kappa shape index (κ1) is 27.3. The molecule has 0 saturated carbocycles. The number of H-pyrrole nitrogens is 1. The van der Waals surface area contributed by atoms with Gasteiger partial charge < -0.3 is 14.4 Å². The van der Waals surface area contributed by atoms with Crippen LogP contribution < -0.4 is 20.9 Å². The van der Waals surface area contributed by atoms with Gasteiger partial charge in [0.2, 0.25) is 0 Å². The predicted octanol–water partition coefficient (Wildman–Crippen LogP) is 1.14. The molecule has 0 radical (unpaired) electrons. The number of benzene rings is 1. The molecule has 3 N–H and O–H groups in total. The number of halogens is 1. The van der Waals surface area contributed by atoms with Crippen LogP contribution in [-0.4, -0.2) is 51.3 Å². The van der Waals surface area contributed by atoms with Crippen molar-refractivity contribution in [1.82, 2.24) is 14.6 Å². The summed E-state index contributed by atoms with van der Waals surface area (Å²) in [7, 11) is -3.91. The van der Waals surface area contributed by atoms with Crippen molar-refractivity contribution in [2.45, 2.75) is 50.9 Å². The Morgan fingerprint density at radius 2 is 1.91 bits per heavy atom. The normalized spacial score (nSPS) is 25.6. The highest BCUT2D eigenvalue weighted by atomic mass is 31.2. The van der Waals surface area contributed by atoms with Crippen molar-refractivity contribution in [3.05, 3.63) is 63.4 Å². The van der Waals surface area contributed by atoms with Gasteiger partial charge >= 0.3 is 19.6 Å². The Morgan fingerprint density at radius 1 is 1.29 bits per heavy atom. The van der Waals surface area contributed by atoms with Crippen LogP contribution in [0.25, 0.3) is 0 Å². The van der Waals surface area contributed by atoms with Gasteiger partial charge in [0, 0.05) is 18.3 Å². The van der Waals surface area contributed by atoms with Crippen molar-refractivity contribution in [2.24, 2.45) is 0 Å². The van der Waals surface area contributed by atoms with Crippen molar-refractivity contribution < 1.29 is 37.4 Å². The zero-order chi connectivity index (χ0) is 25.5. The minimum atomic E-state index is -3.91. The van der Waals surface area contributed by atoms with Crippen molar-refractivity contribution in [2.75, 3.05) is 6.61 Å². The van der Waals surface area contributed by atoms with E-state index < -0.39 is 49.7 Å². The van der Waals surface area contributed by atoms with E-state index in [0.717, 1.165) is 23.8 Å². The second-order valence-electron chi connectivity index (χ2n) is 7.71. The van der Waals surface area contributed by atoms with E-state index in [1.165, 1.54) is 0 Å². The van der Waals surface area contributed by atoms with Crippen LogP contribution in [0.15, 0.2) is 52.2 Å². The Bertz CT molecular complexity index is 1150. The zero-order valence-corrected chi connectivity index (χ0v) is 19.4. The van der Waals surface area contributed by atoms with Gasteiger partial charge in [0.05, 0.1) is 6.61 Å². The highest BCUT2D eigenvalue weighted by Crippen LogP contribution is 2.47. The minimum Gasteiger partial charge on any atom is -0.413 e. The number of hydrogen-bond donors (Lipinski definition) is 3. The molecule has 1 fully saturated rings. The highest BCUT2D eigenvalue weighted by Gasteiger charge is 2.55. The van der Waals surface area contributed by atoms with E-state index >= 15 is 4.39 Å². The molecule has 1 aromatic carbocycles.